The lowest BCUT2D eigenvalue weighted by Crippen LogP contribution is -2.28. The Labute approximate surface area is 156 Å². The van der Waals surface area contributed by atoms with Crippen molar-refractivity contribution in [2.24, 2.45) is 4.99 Å². The quantitative estimate of drug-likeness (QED) is 0.784. The number of amides is 1. The molecule has 0 atom stereocenters. The van der Waals surface area contributed by atoms with Crippen molar-refractivity contribution >= 4 is 39.5 Å². The van der Waals surface area contributed by atoms with Gasteiger partial charge in [0.05, 0.1) is 18.6 Å². The van der Waals surface area contributed by atoms with Crippen molar-refractivity contribution in [2.45, 2.75) is 12.3 Å². The van der Waals surface area contributed by atoms with E-state index in [0.717, 1.165) is 27.1 Å². The minimum atomic E-state index is 0.0815. The van der Waals surface area contributed by atoms with Crippen molar-refractivity contribution in [1.29, 1.82) is 0 Å². The van der Waals surface area contributed by atoms with E-state index in [9.17, 15) is 4.79 Å². The molecule has 6 heteroatoms. The smallest absolute Gasteiger partial charge is 0.233 e. The highest BCUT2D eigenvalue weighted by Crippen LogP contribution is 2.34. The lowest BCUT2D eigenvalue weighted by atomic mass is 10.2. The zero-order valence-electron chi connectivity index (χ0n) is 14.3. The number of hydrogen-bond donors (Lipinski definition) is 0. The summed E-state index contributed by atoms with van der Waals surface area (Å²) in [5.74, 6) is 2.18. The van der Waals surface area contributed by atoms with E-state index in [1.54, 1.807) is 23.8 Å². The summed E-state index contributed by atoms with van der Waals surface area (Å²) in [5.41, 5.74) is 3.26. The second-order valence-electron chi connectivity index (χ2n) is 5.65. The Morgan fingerprint density at radius 3 is 2.84 bits per heavy atom. The van der Waals surface area contributed by atoms with E-state index in [2.05, 4.69) is 11.1 Å². The largest absolute Gasteiger partial charge is 0.496 e. The Kier molecular flexibility index (Phi) is 6.04. The lowest BCUT2D eigenvalue weighted by Gasteiger charge is -2.19. The molecule has 1 amide bonds. The van der Waals surface area contributed by atoms with Gasteiger partial charge in [0.1, 0.15) is 10.1 Å². The molecule has 0 aliphatic carbocycles. The minimum Gasteiger partial charge on any atom is -0.496 e. The standard InChI is InChI=1S/C19H20N2O2S2/c1-21(11-14-7-4-6-10-17(14)23-2)18(22)13-25-19-20-16-9-5-3-8-15(16)12-24-19/h3-10H,11-13H2,1-2H3. The van der Waals surface area contributed by atoms with Gasteiger partial charge in [-0.25, -0.2) is 4.99 Å². The first kappa shape index (κ1) is 17.9. The van der Waals surface area contributed by atoms with Crippen LogP contribution in [0.15, 0.2) is 53.5 Å². The van der Waals surface area contributed by atoms with E-state index in [4.69, 9.17) is 4.74 Å². The van der Waals surface area contributed by atoms with Gasteiger partial charge in [0, 0.05) is 24.9 Å². The Balaban J connectivity index is 1.57. The van der Waals surface area contributed by atoms with Crippen LogP contribution in [0.3, 0.4) is 0 Å². The second kappa shape index (κ2) is 8.45. The van der Waals surface area contributed by atoms with E-state index >= 15 is 0 Å². The molecular formula is C19H20N2O2S2. The summed E-state index contributed by atoms with van der Waals surface area (Å²) in [6.45, 7) is 0.534. The predicted octanol–water partition coefficient (Wildman–Crippen LogP) is 4.32. The average molecular weight is 373 g/mol. The van der Waals surface area contributed by atoms with Crippen LogP contribution in [0.1, 0.15) is 11.1 Å². The number of ether oxygens (including phenoxy) is 1. The van der Waals surface area contributed by atoms with Crippen LogP contribution in [0.5, 0.6) is 5.75 Å². The maximum Gasteiger partial charge on any atom is 0.233 e. The van der Waals surface area contributed by atoms with Crippen LogP contribution in [0.2, 0.25) is 0 Å². The Morgan fingerprint density at radius 1 is 1.24 bits per heavy atom. The summed E-state index contributed by atoms with van der Waals surface area (Å²) in [6.07, 6.45) is 0. The highest BCUT2D eigenvalue weighted by Gasteiger charge is 2.16. The number of benzene rings is 2. The van der Waals surface area contributed by atoms with Crippen molar-refractivity contribution in [2.75, 3.05) is 19.9 Å². The number of rotatable bonds is 5. The molecule has 0 fully saturated rings. The van der Waals surface area contributed by atoms with Gasteiger partial charge in [0.25, 0.3) is 0 Å². The number of carbonyl (C=O) groups is 1. The Bertz CT molecular complexity index is 792. The van der Waals surface area contributed by atoms with Crippen LogP contribution in [-0.2, 0) is 17.1 Å². The number of nitrogens with zero attached hydrogens (tertiary/aromatic N) is 2. The maximum absolute atomic E-state index is 12.4. The average Bonchev–Trinajstić information content (AvgIpc) is 2.66. The van der Waals surface area contributed by atoms with Crippen LogP contribution in [-0.4, -0.2) is 35.1 Å². The molecule has 0 radical (unpaired) electrons. The Hall–Kier alpha value is -1.92. The molecule has 1 aliphatic heterocycles. The number of carbonyl (C=O) groups excluding carboxylic acids is 1. The molecule has 0 unspecified atom stereocenters. The number of thioether (sulfide) groups is 2. The summed E-state index contributed by atoms with van der Waals surface area (Å²) in [7, 11) is 3.47. The van der Waals surface area contributed by atoms with E-state index in [-0.39, 0.29) is 5.91 Å². The van der Waals surface area contributed by atoms with Crippen LogP contribution in [0.4, 0.5) is 5.69 Å². The highest BCUT2D eigenvalue weighted by atomic mass is 32.2. The summed E-state index contributed by atoms with van der Waals surface area (Å²) in [5, 5.41) is 0. The number of fused-ring (bicyclic) bond motifs is 1. The van der Waals surface area contributed by atoms with Crippen molar-refractivity contribution in [3.8, 4) is 5.75 Å². The van der Waals surface area contributed by atoms with Gasteiger partial charge < -0.3 is 9.64 Å². The van der Waals surface area contributed by atoms with Crippen molar-refractivity contribution in [3.63, 3.8) is 0 Å². The molecule has 0 saturated carbocycles. The van der Waals surface area contributed by atoms with Gasteiger partial charge in [0.2, 0.25) is 5.91 Å². The number of hydrogen-bond acceptors (Lipinski definition) is 5. The Morgan fingerprint density at radius 2 is 2.00 bits per heavy atom. The fourth-order valence-electron chi connectivity index (χ4n) is 2.50. The fraction of sp³-hybridized carbons (Fsp3) is 0.263. The van der Waals surface area contributed by atoms with Crippen LogP contribution in [0.25, 0.3) is 0 Å². The normalized spacial score (nSPS) is 13.0. The monoisotopic (exact) mass is 372 g/mol. The minimum absolute atomic E-state index is 0.0815. The molecule has 0 spiro atoms. The molecule has 0 bridgehead atoms. The third kappa shape index (κ3) is 4.58. The molecule has 3 rings (SSSR count). The third-order valence-electron chi connectivity index (χ3n) is 3.90. The zero-order valence-corrected chi connectivity index (χ0v) is 15.9. The molecule has 4 nitrogen and oxygen atoms in total. The summed E-state index contributed by atoms with van der Waals surface area (Å²) < 4.78 is 6.31. The van der Waals surface area contributed by atoms with E-state index in [1.807, 2.05) is 49.5 Å². The van der Waals surface area contributed by atoms with Gasteiger partial charge in [0.15, 0.2) is 0 Å². The number of para-hydroxylation sites is 2. The molecule has 130 valence electrons. The predicted molar refractivity (Wildman–Crippen MR) is 107 cm³/mol. The maximum atomic E-state index is 12.4. The van der Waals surface area contributed by atoms with Crippen LogP contribution < -0.4 is 4.74 Å². The molecule has 1 heterocycles. The first-order chi connectivity index (χ1) is 12.2. The first-order valence-electron chi connectivity index (χ1n) is 7.95. The number of aliphatic imine (C=N–C) groups is 1. The van der Waals surface area contributed by atoms with Gasteiger partial charge in [-0.2, -0.15) is 0 Å². The van der Waals surface area contributed by atoms with Crippen LogP contribution >= 0.6 is 23.5 Å². The topological polar surface area (TPSA) is 41.9 Å². The second-order valence-corrected chi connectivity index (χ2v) is 7.83. The van der Waals surface area contributed by atoms with Gasteiger partial charge in [-0.3, -0.25) is 4.79 Å². The summed E-state index contributed by atoms with van der Waals surface area (Å²) >= 11 is 3.20. The zero-order chi connectivity index (χ0) is 17.6. The summed E-state index contributed by atoms with van der Waals surface area (Å²) in [6, 6.07) is 15.9. The lowest BCUT2D eigenvalue weighted by molar-refractivity contribution is -0.127. The molecule has 0 aromatic heterocycles. The third-order valence-corrected chi connectivity index (χ3v) is 6.13. The molecule has 2 aromatic carbocycles. The number of methoxy groups -OCH3 is 1. The molecule has 0 saturated heterocycles. The molecule has 0 N–H and O–H groups in total. The molecular weight excluding hydrogens is 352 g/mol. The SMILES string of the molecule is COc1ccccc1CN(C)C(=O)CSC1=Nc2ccccc2CS1. The van der Waals surface area contributed by atoms with Crippen molar-refractivity contribution < 1.29 is 9.53 Å². The van der Waals surface area contributed by atoms with Gasteiger partial charge in [-0.15, -0.1) is 0 Å². The summed E-state index contributed by atoms with van der Waals surface area (Å²) in [4.78, 5) is 18.8. The van der Waals surface area contributed by atoms with Gasteiger partial charge >= 0.3 is 0 Å². The van der Waals surface area contributed by atoms with E-state index in [0.29, 0.717) is 12.3 Å². The molecule has 2 aromatic rings. The molecule has 25 heavy (non-hydrogen) atoms. The van der Waals surface area contributed by atoms with E-state index < -0.39 is 0 Å². The first-order valence-corrected chi connectivity index (χ1v) is 9.92. The van der Waals surface area contributed by atoms with Gasteiger partial charge in [-0.1, -0.05) is 59.9 Å². The fourth-order valence-corrected chi connectivity index (χ4v) is 4.50. The van der Waals surface area contributed by atoms with Crippen LogP contribution in [0, 0.1) is 0 Å². The van der Waals surface area contributed by atoms with Gasteiger partial charge in [-0.05, 0) is 17.7 Å². The molecule has 1 aliphatic rings. The highest BCUT2D eigenvalue weighted by molar-refractivity contribution is 8.38. The van der Waals surface area contributed by atoms with E-state index in [1.165, 1.54) is 17.3 Å². The van der Waals surface area contributed by atoms with Crippen molar-refractivity contribution in [1.82, 2.24) is 4.90 Å². The van der Waals surface area contributed by atoms with Crippen molar-refractivity contribution in [3.05, 3.63) is 59.7 Å².